The lowest BCUT2D eigenvalue weighted by molar-refractivity contribution is 0.0474. The number of hydrogen-bond acceptors (Lipinski definition) is 6. The predicted octanol–water partition coefficient (Wildman–Crippen LogP) is 3.93. The van der Waals surface area contributed by atoms with Crippen molar-refractivity contribution in [1.29, 1.82) is 0 Å². The van der Waals surface area contributed by atoms with E-state index in [0.717, 1.165) is 0 Å². The number of ketones is 1. The lowest BCUT2D eigenvalue weighted by Gasteiger charge is -2.07. The van der Waals surface area contributed by atoms with E-state index in [1.165, 1.54) is 6.20 Å². The van der Waals surface area contributed by atoms with Gasteiger partial charge in [0.2, 0.25) is 11.7 Å². The molecule has 0 aliphatic carbocycles. The summed E-state index contributed by atoms with van der Waals surface area (Å²) >= 11 is 0. The quantitative estimate of drug-likeness (QED) is 0.397. The molecule has 0 aliphatic heterocycles. The van der Waals surface area contributed by atoms with E-state index in [9.17, 15) is 9.59 Å². The number of rotatable bonds is 5. The van der Waals surface area contributed by atoms with Crippen molar-refractivity contribution in [1.82, 2.24) is 9.97 Å². The Kier molecular flexibility index (Phi) is 4.45. The lowest BCUT2D eigenvalue weighted by Crippen LogP contribution is -2.15. The standard InChI is InChI=1S/C21H14N2O4/c24-18(16-9-5-6-12-22-16)13-26-21(25)15-8-2-1-7-14(15)20-23-17-10-3-4-11-19(17)27-20/h1-12H,13H2. The van der Waals surface area contributed by atoms with Crippen molar-refractivity contribution in [3.63, 3.8) is 0 Å². The average molecular weight is 358 g/mol. The molecule has 0 unspecified atom stereocenters. The third kappa shape index (κ3) is 3.46. The molecular weight excluding hydrogens is 344 g/mol. The Hall–Kier alpha value is -3.80. The largest absolute Gasteiger partial charge is 0.454 e. The van der Waals surface area contributed by atoms with E-state index in [-0.39, 0.29) is 17.0 Å². The predicted molar refractivity (Wildman–Crippen MR) is 98.3 cm³/mol. The third-order valence-corrected chi connectivity index (χ3v) is 3.96. The number of aromatic nitrogens is 2. The number of benzene rings is 2. The molecule has 2 aromatic carbocycles. The first-order valence-electron chi connectivity index (χ1n) is 8.29. The molecule has 27 heavy (non-hydrogen) atoms. The molecule has 0 amide bonds. The maximum Gasteiger partial charge on any atom is 0.339 e. The van der Waals surface area contributed by atoms with Crippen molar-refractivity contribution in [2.45, 2.75) is 0 Å². The van der Waals surface area contributed by atoms with Gasteiger partial charge >= 0.3 is 5.97 Å². The molecule has 0 saturated carbocycles. The number of fused-ring (bicyclic) bond motifs is 1. The van der Waals surface area contributed by atoms with Crippen LogP contribution in [0.15, 0.2) is 77.3 Å². The number of para-hydroxylation sites is 2. The summed E-state index contributed by atoms with van der Waals surface area (Å²) in [6, 6.07) is 19.1. The third-order valence-electron chi connectivity index (χ3n) is 3.96. The molecule has 0 bridgehead atoms. The minimum atomic E-state index is -0.628. The van der Waals surface area contributed by atoms with Gasteiger partial charge in [0, 0.05) is 6.20 Å². The Morgan fingerprint density at radius 3 is 2.52 bits per heavy atom. The molecule has 4 rings (SSSR count). The van der Waals surface area contributed by atoms with Crippen molar-refractivity contribution in [2.75, 3.05) is 6.61 Å². The van der Waals surface area contributed by atoms with E-state index in [2.05, 4.69) is 9.97 Å². The lowest BCUT2D eigenvalue weighted by atomic mass is 10.1. The SMILES string of the molecule is O=C(COC(=O)c1ccccc1-c1nc2ccccc2o1)c1ccccn1. The molecule has 2 aromatic heterocycles. The maximum absolute atomic E-state index is 12.5. The van der Waals surface area contributed by atoms with Crippen molar-refractivity contribution >= 4 is 22.9 Å². The van der Waals surface area contributed by atoms with E-state index in [1.54, 1.807) is 48.5 Å². The van der Waals surface area contributed by atoms with Crippen LogP contribution in [0.25, 0.3) is 22.6 Å². The fourth-order valence-corrected chi connectivity index (χ4v) is 2.65. The summed E-state index contributed by atoms with van der Waals surface area (Å²) in [6.45, 7) is -0.391. The molecular formula is C21H14N2O4. The van der Waals surface area contributed by atoms with E-state index in [4.69, 9.17) is 9.15 Å². The topological polar surface area (TPSA) is 82.3 Å². The summed E-state index contributed by atoms with van der Waals surface area (Å²) in [5.41, 5.74) is 2.35. The van der Waals surface area contributed by atoms with E-state index in [1.807, 2.05) is 18.2 Å². The highest BCUT2D eigenvalue weighted by Crippen LogP contribution is 2.27. The molecule has 0 fully saturated rings. The molecule has 0 spiro atoms. The normalized spacial score (nSPS) is 10.7. The fourth-order valence-electron chi connectivity index (χ4n) is 2.65. The van der Waals surface area contributed by atoms with Crippen molar-refractivity contribution in [2.24, 2.45) is 0 Å². The van der Waals surface area contributed by atoms with Gasteiger partial charge in [-0.3, -0.25) is 9.78 Å². The number of pyridine rings is 1. The Morgan fingerprint density at radius 2 is 1.70 bits per heavy atom. The summed E-state index contributed by atoms with van der Waals surface area (Å²) in [5.74, 6) is -0.680. The van der Waals surface area contributed by atoms with E-state index >= 15 is 0 Å². The molecule has 0 radical (unpaired) electrons. The van der Waals surface area contributed by atoms with Gasteiger partial charge in [0.1, 0.15) is 11.2 Å². The van der Waals surface area contributed by atoms with Gasteiger partial charge < -0.3 is 9.15 Å². The van der Waals surface area contributed by atoms with Gasteiger partial charge in [0.15, 0.2) is 12.2 Å². The first-order valence-corrected chi connectivity index (χ1v) is 8.29. The molecule has 4 aromatic rings. The van der Waals surface area contributed by atoms with Gasteiger partial charge in [-0.2, -0.15) is 0 Å². The number of Topliss-reactive ketones (excluding diaryl/α,β-unsaturated/α-hetero) is 1. The number of nitrogens with zero attached hydrogens (tertiary/aromatic N) is 2. The molecule has 0 saturated heterocycles. The monoisotopic (exact) mass is 358 g/mol. The fraction of sp³-hybridized carbons (Fsp3) is 0.0476. The Bertz CT molecular complexity index is 1090. The Balaban J connectivity index is 1.57. The zero-order chi connectivity index (χ0) is 18.6. The van der Waals surface area contributed by atoms with Gasteiger partial charge in [-0.15, -0.1) is 0 Å². The second-order valence-corrected chi connectivity index (χ2v) is 5.75. The highest BCUT2D eigenvalue weighted by atomic mass is 16.5. The smallest absolute Gasteiger partial charge is 0.339 e. The number of oxazole rings is 1. The van der Waals surface area contributed by atoms with Crippen LogP contribution in [0.2, 0.25) is 0 Å². The molecule has 0 N–H and O–H groups in total. The van der Waals surface area contributed by atoms with Crippen LogP contribution in [0.5, 0.6) is 0 Å². The second kappa shape index (κ2) is 7.21. The van der Waals surface area contributed by atoms with Crippen LogP contribution < -0.4 is 0 Å². The highest BCUT2D eigenvalue weighted by molar-refractivity contribution is 6.00. The summed E-state index contributed by atoms with van der Waals surface area (Å²) < 4.78 is 10.9. The van der Waals surface area contributed by atoms with Crippen LogP contribution in [0, 0.1) is 0 Å². The first kappa shape index (κ1) is 16.7. The van der Waals surface area contributed by atoms with Crippen molar-refractivity contribution < 1.29 is 18.7 Å². The summed E-state index contributed by atoms with van der Waals surface area (Å²) in [5, 5.41) is 0. The first-order chi connectivity index (χ1) is 13.2. The van der Waals surface area contributed by atoms with Gasteiger partial charge in [0.05, 0.1) is 11.1 Å². The van der Waals surface area contributed by atoms with Crippen molar-refractivity contribution in [3.05, 3.63) is 84.2 Å². The number of esters is 1. The van der Waals surface area contributed by atoms with Crippen LogP contribution in [-0.2, 0) is 4.74 Å². The molecule has 0 aliphatic rings. The summed E-state index contributed by atoms with van der Waals surface area (Å²) in [4.78, 5) is 33.0. The van der Waals surface area contributed by atoms with E-state index in [0.29, 0.717) is 22.6 Å². The zero-order valence-electron chi connectivity index (χ0n) is 14.2. The maximum atomic E-state index is 12.5. The number of hydrogen-bond donors (Lipinski definition) is 0. The average Bonchev–Trinajstić information content (AvgIpc) is 3.16. The minimum absolute atomic E-state index is 0.248. The van der Waals surface area contributed by atoms with Crippen LogP contribution >= 0.6 is 0 Å². The molecule has 132 valence electrons. The van der Waals surface area contributed by atoms with Crippen molar-refractivity contribution in [3.8, 4) is 11.5 Å². The van der Waals surface area contributed by atoms with Crippen LogP contribution in [0.3, 0.4) is 0 Å². The van der Waals surface area contributed by atoms with Gasteiger partial charge in [0.25, 0.3) is 0 Å². The second-order valence-electron chi connectivity index (χ2n) is 5.75. The van der Waals surface area contributed by atoms with Gasteiger partial charge in [-0.1, -0.05) is 30.3 Å². The molecule has 6 heteroatoms. The van der Waals surface area contributed by atoms with E-state index < -0.39 is 12.6 Å². The van der Waals surface area contributed by atoms with Gasteiger partial charge in [-0.25, -0.2) is 9.78 Å². The summed E-state index contributed by atoms with van der Waals surface area (Å²) in [7, 11) is 0. The van der Waals surface area contributed by atoms with Crippen LogP contribution in [0.1, 0.15) is 20.8 Å². The molecule has 0 atom stereocenters. The minimum Gasteiger partial charge on any atom is -0.454 e. The molecule has 2 heterocycles. The van der Waals surface area contributed by atoms with Crippen LogP contribution in [-0.4, -0.2) is 28.3 Å². The Morgan fingerprint density at radius 1 is 0.926 bits per heavy atom. The molecule has 6 nitrogen and oxygen atoms in total. The summed E-state index contributed by atoms with van der Waals surface area (Å²) in [6.07, 6.45) is 1.51. The number of carbonyl (C=O) groups excluding carboxylic acids is 2. The zero-order valence-corrected chi connectivity index (χ0v) is 14.2. The Labute approximate surface area is 154 Å². The highest BCUT2D eigenvalue weighted by Gasteiger charge is 2.19. The number of carbonyl (C=O) groups is 2. The van der Waals surface area contributed by atoms with Gasteiger partial charge in [-0.05, 0) is 36.4 Å². The van der Waals surface area contributed by atoms with Crippen LogP contribution in [0.4, 0.5) is 0 Å². The number of ether oxygens (including phenoxy) is 1.